The van der Waals surface area contributed by atoms with Gasteiger partial charge < -0.3 is 5.73 Å². The molecule has 5 heteroatoms. The Morgan fingerprint density at radius 1 is 1.50 bits per heavy atom. The van der Waals surface area contributed by atoms with E-state index in [2.05, 4.69) is 15.9 Å². The lowest BCUT2D eigenvalue weighted by Gasteiger charge is -1.98. The molecule has 2 nitrogen and oxygen atoms in total. The van der Waals surface area contributed by atoms with Crippen LogP contribution in [0.25, 0.3) is 0 Å². The Hall–Kier alpha value is -0.610. The average Bonchev–Trinajstić information content (AvgIpc) is 1.94. The monoisotopic (exact) mass is 252 g/mol. The number of hydrogen-bond acceptors (Lipinski definition) is 1. The molecular formula is C7H7BrClFN2. The summed E-state index contributed by atoms with van der Waals surface area (Å²) in [5.74, 6) is -0.533. The molecule has 0 aromatic heterocycles. The van der Waals surface area contributed by atoms with Crippen LogP contribution >= 0.6 is 28.3 Å². The van der Waals surface area contributed by atoms with Crippen molar-refractivity contribution < 1.29 is 4.39 Å². The van der Waals surface area contributed by atoms with Gasteiger partial charge in [-0.15, -0.1) is 12.4 Å². The van der Waals surface area contributed by atoms with E-state index in [4.69, 9.17) is 11.1 Å². The van der Waals surface area contributed by atoms with Crippen molar-refractivity contribution in [1.82, 2.24) is 0 Å². The van der Waals surface area contributed by atoms with Gasteiger partial charge in [-0.05, 0) is 34.1 Å². The molecule has 0 aliphatic rings. The second kappa shape index (κ2) is 4.42. The molecule has 66 valence electrons. The molecule has 0 unspecified atom stereocenters. The Kier molecular flexibility index (Phi) is 4.20. The summed E-state index contributed by atoms with van der Waals surface area (Å²) in [7, 11) is 0. The molecule has 0 amide bonds. The molecule has 12 heavy (non-hydrogen) atoms. The van der Waals surface area contributed by atoms with Crippen LogP contribution in [0.5, 0.6) is 0 Å². The van der Waals surface area contributed by atoms with Gasteiger partial charge in [0.15, 0.2) is 0 Å². The van der Waals surface area contributed by atoms with Crippen molar-refractivity contribution in [2.24, 2.45) is 5.73 Å². The first-order chi connectivity index (χ1) is 5.11. The largest absolute Gasteiger partial charge is 0.384 e. The first-order valence-electron chi connectivity index (χ1n) is 2.90. The summed E-state index contributed by atoms with van der Waals surface area (Å²) < 4.78 is 13.1. The van der Waals surface area contributed by atoms with Gasteiger partial charge in [0.2, 0.25) is 0 Å². The highest BCUT2D eigenvalue weighted by atomic mass is 79.9. The number of benzene rings is 1. The van der Waals surface area contributed by atoms with E-state index in [-0.39, 0.29) is 18.2 Å². The molecule has 0 aliphatic heterocycles. The highest BCUT2D eigenvalue weighted by Crippen LogP contribution is 2.15. The van der Waals surface area contributed by atoms with Crippen molar-refractivity contribution >= 4 is 34.2 Å². The lowest BCUT2D eigenvalue weighted by Crippen LogP contribution is -2.10. The molecule has 0 fully saturated rings. The minimum Gasteiger partial charge on any atom is -0.384 e. The average molecular weight is 254 g/mol. The lowest BCUT2D eigenvalue weighted by molar-refractivity contribution is 0.621. The van der Waals surface area contributed by atoms with Crippen LogP contribution in [0.15, 0.2) is 22.7 Å². The van der Waals surface area contributed by atoms with Crippen molar-refractivity contribution in [2.45, 2.75) is 0 Å². The quantitative estimate of drug-likeness (QED) is 0.585. The third kappa shape index (κ3) is 2.46. The standard InChI is InChI=1S/C7H6BrFN2.ClH/c8-5-2-1-4(7(10)11)3-6(5)9;/h1-3H,(H3,10,11);1H. The molecule has 0 radical (unpaired) electrons. The maximum atomic E-state index is 12.7. The van der Waals surface area contributed by atoms with E-state index in [0.29, 0.717) is 10.0 Å². The van der Waals surface area contributed by atoms with E-state index < -0.39 is 5.82 Å². The number of rotatable bonds is 1. The zero-order valence-electron chi connectivity index (χ0n) is 5.97. The molecule has 0 bridgehead atoms. The van der Waals surface area contributed by atoms with Gasteiger partial charge in [0.1, 0.15) is 11.7 Å². The number of halogens is 3. The second-order valence-corrected chi connectivity index (χ2v) is 2.90. The Morgan fingerprint density at radius 3 is 2.50 bits per heavy atom. The zero-order valence-corrected chi connectivity index (χ0v) is 8.38. The van der Waals surface area contributed by atoms with Crippen LogP contribution < -0.4 is 5.73 Å². The normalized spacial score (nSPS) is 8.83. The van der Waals surface area contributed by atoms with Crippen molar-refractivity contribution in [1.29, 1.82) is 5.41 Å². The fourth-order valence-corrected chi connectivity index (χ4v) is 0.910. The minimum atomic E-state index is -0.405. The summed E-state index contributed by atoms with van der Waals surface area (Å²) in [6, 6.07) is 4.31. The molecule has 0 atom stereocenters. The van der Waals surface area contributed by atoms with Crippen LogP contribution in [0.4, 0.5) is 4.39 Å². The van der Waals surface area contributed by atoms with Crippen LogP contribution in [0.2, 0.25) is 0 Å². The van der Waals surface area contributed by atoms with Gasteiger partial charge in [-0.25, -0.2) is 4.39 Å². The van der Waals surface area contributed by atoms with Crippen LogP contribution in [-0.2, 0) is 0 Å². The molecule has 0 saturated carbocycles. The van der Waals surface area contributed by atoms with E-state index in [1.54, 1.807) is 6.07 Å². The molecule has 0 saturated heterocycles. The first-order valence-corrected chi connectivity index (χ1v) is 3.70. The first kappa shape index (κ1) is 11.4. The van der Waals surface area contributed by atoms with E-state index in [9.17, 15) is 4.39 Å². The van der Waals surface area contributed by atoms with Crippen molar-refractivity contribution in [3.63, 3.8) is 0 Å². The molecule has 0 aliphatic carbocycles. The van der Waals surface area contributed by atoms with Gasteiger partial charge in [-0.2, -0.15) is 0 Å². The fraction of sp³-hybridized carbons (Fsp3) is 0. The fourth-order valence-electron chi connectivity index (χ4n) is 0.664. The molecule has 0 spiro atoms. The SMILES string of the molecule is Cl.N=C(N)c1ccc(Br)c(F)c1. The molecule has 3 N–H and O–H groups in total. The van der Waals surface area contributed by atoms with Gasteiger partial charge in [-0.3, -0.25) is 5.41 Å². The minimum absolute atomic E-state index is 0. The Labute approximate surface area is 84.0 Å². The summed E-state index contributed by atoms with van der Waals surface area (Å²) in [4.78, 5) is 0. The maximum absolute atomic E-state index is 12.7. The number of amidine groups is 1. The molecule has 1 aromatic carbocycles. The molecular weight excluding hydrogens is 246 g/mol. The van der Waals surface area contributed by atoms with Crippen molar-refractivity contribution in [3.8, 4) is 0 Å². The lowest BCUT2D eigenvalue weighted by atomic mass is 10.2. The smallest absolute Gasteiger partial charge is 0.138 e. The van der Waals surface area contributed by atoms with Crippen LogP contribution in [-0.4, -0.2) is 5.84 Å². The summed E-state index contributed by atoms with van der Waals surface area (Å²) in [6.07, 6.45) is 0. The third-order valence-electron chi connectivity index (χ3n) is 1.23. The molecule has 1 aromatic rings. The number of nitrogen functional groups attached to an aromatic ring is 1. The predicted octanol–water partition coefficient (Wildman–Crippen LogP) is 2.29. The molecule has 1 rings (SSSR count). The van der Waals surface area contributed by atoms with Crippen LogP contribution in [0.3, 0.4) is 0 Å². The maximum Gasteiger partial charge on any atom is 0.138 e. The third-order valence-corrected chi connectivity index (χ3v) is 1.87. The number of hydrogen-bond donors (Lipinski definition) is 2. The van der Waals surface area contributed by atoms with E-state index in [1.807, 2.05) is 0 Å². The van der Waals surface area contributed by atoms with Gasteiger partial charge in [0, 0.05) is 5.56 Å². The van der Waals surface area contributed by atoms with Crippen LogP contribution in [0, 0.1) is 11.2 Å². The van der Waals surface area contributed by atoms with Gasteiger partial charge in [0.05, 0.1) is 4.47 Å². The zero-order chi connectivity index (χ0) is 8.43. The number of nitrogens with two attached hydrogens (primary N) is 1. The summed E-state index contributed by atoms with van der Waals surface area (Å²) >= 11 is 2.99. The van der Waals surface area contributed by atoms with Gasteiger partial charge in [0.25, 0.3) is 0 Å². The topological polar surface area (TPSA) is 49.9 Å². The Bertz CT molecular complexity index is 303. The molecule has 0 heterocycles. The van der Waals surface area contributed by atoms with E-state index in [1.165, 1.54) is 12.1 Å². The van der Waals surface area contributed by atoms with Gasteiger partial charge >= 0.3 is 0 Å². The summed E-state index contributed by atoms with van der Waals surface area (Å²) in [6.45, 7) is 0. The highest BCUT2D eigenvalue weighted by Gasteiger charge is 2.01. The van der Waals surface area contributed by atoms with E-state index >= 15 is 0 Å². The predicted molar refractivity (Wildman–Crippen MR) is 52.4 cm³/mol. The van der Waals surface area contributed by atoms with Crippen LogP contribution in [0.1, 0.15) is 5.56 Å². The van der Waals surface area contributed by atoms with Crippen molar-refractivity contribution in [3.05, 3.63) is 34.1 Å². The summed E-state index contributed by atoms with van der Waals surface area (Å²) in [5, 5.41) is 7.00. The Morgan fingerprint density at radius 2 is 2.08 bits per heavy atom. The van der Waals surface area contributed by atoms with Crippen molar-refractivity contribution in [2.75, 3.05) is 0 Å². The Balaban J connectivity index is 0.00000121. The van der Waals surface area contributed by atoms with Gasteiger partial charge in [-0.1, -0.05) is 0 Å². The second-order valence-electron chi connectivity index (χ2n) is 2.04. The summed E-state index contributed by atoms with van der Waals surface area (Å²) in [5.41, 5.74) is 5.53. The number of nitrogens with one attached hydrogen (secondary N) is 1. The highest BCUT2D eigenvalue weighted by molar-refractivity contribution is 9.10. The van der Waals surface area contributed by atoms with E-state index in [0.717, 1.165) is 0 Å².